The number of aromatic amines is 1. The second kappa shape index (κ2) is 25.4. The number of aryl methyl sites for hydroxylation is 1. The van der Waals surface area contributed by atoms with Crippen LogP contribution in [0.4, 0.5) is 22.4 Å². The Hall–Kier alpha value is -5.27. The quantitative estimate of drug-likeness (QED) is 0.0379. The van der Waals surface area contributed by atoms with E-state index >= 15 is 0 Å². The molecule has 0 aliphatic heterocycles. The van der Waals surface area contributed by atoms with E-state index in [1.807, 2.05) is 13.8 Å². The van der Waals surface area contributed by atoms with E-state index in [0.717, 1.165) is 6.07 Å². The van der Waals surface area contributed by atoms with Crippen LogP contribution in [-0.2, 0) is 68.3 Å². The lowest BCUT2D eigenvalue weighted by Gasteiger charge is -2.39. The SMILES string of the molecule is CCC(C)[C@H](NC(=O)Cc1ccccc1F)C(=O)N[C@]1(C(=O)N[C@H](C(=O)NCCCCOC(=O)OCCOCCOCCOC)C(C)CC)CCc2[nH]c3c(C(F)(F)F)cccc3c2C1. The second-order valence-electron chi connectivity index (χ2n) is 16.3. The monoisotopic (exact) mass is 921 g/mol. The molecule has 4 amide bonds. The third kappa shape index (κ3) is 15.1. The van der Waals surface area contributed by atoms with Crippen molar-refractivity contribution in [3.8, 4) is 0 Å². The number of H-pyrrole nitrogens is 1. The van der Waals surface area contributed by atoms with Gasteiger partial charge >= 0.3 is 12.3 Å². The van der Waals surface area contributed by atoms with Crippen LogP contribution in [0.15, 0.2) is 42.5 Å². The zero-order chi connectivity index (χ0) is 47.6. The van der Waals surface area contributed by atoms with Crippen molar-refractivity contribution in [2.75, 3.05) is 59.9 Å². The van der Waals surface area contributed by atoms with Crippen LogP contribution >= 0.6 is 0 Å². The summed E-state index contributed by atoms with van der Waals surface area (Å²) in [7, 11) is 1.58. The Morgan fingerprint density at radius 1 is 0.800 bits per heavy atom. The van der Waals surface area contributed by atoms with Gasteiger partial charge in [-0.1, -0.05) is 70.9 Å². The number of fused-ring (bicyclic) bond motifs is 3. The Morgan fingerprint density at radius 2 is 1.45 bits per heavy atom. The average molecular weight is 922 g/mol. The number of methoxy groups -OCH3 is 1. The van der Waals surface area contributed by atoms with E-state index in [1.54, 1.807) is 27.0 Å². The molecule has 0 bridgehead atoms. The van der Waals surface area contributed by atoms with Crippen LogP contribution in [0.5, 0.6) is 0 Å². The second-order valence-corrected chi connectivity index (χ2v) is 16.3. The number of halogens is 4. The molecule has 1 aliphatic rings. The molecule has 0 radical (unpaired) electrons. The predicted octanol–water partition coefficient (Wildman–Crippen LogP) is 5.70. The number of unbranched alkanes of at least 4 members (excludes halogenated alkanes) is 1. The van der Waals surface area contributed by atoms with Gasteiger partial charge in [0.25, 0.3) is 0 Å². The minimum Gasteiger partial charge on any atom is -0.434 e. The first-order valence-electron chi connectivity index (χ1n) is 22.1. The van der Waals surface area contributed by atoms with E-state index in [4.69, 9.17) is 23.7 Å². The van der Waals surface area contributed by atoms with Gasteiger partial charge in [0.2, 0.25) is 23.6 Å². The number of nitrogens with one attached hydrogen (secondary N) is 5. The topological polar surface area (TPSA) is 195 Å². The number of amides is 4. The Kier molecular flexibility index (Phi) is 20.5. The van der Waals surface area contributed by atoms with Crippen LogP contribution in [0.2, 0.25) is 0 Å². The highest BCUT2D eigenvalue weighted by atomic mass is 19.4. The Morgan fingerprint density at radius 3 is 2.11 bits per heavy atom. The number of aromatic nitrogens is 1. The predicted molar refractivity (Wildman–Crippen MR) is 232 cm³/mol. The molecule has 1 aliphatic carbocycles. The van der Waals surface area contributed by atoms with Gasteiger partial charge in [-0.05, 0) is 60.8 Å². The van der Waals surface area contributed by atoms with Crippen molar-refractivity contribution in [2.24, 2.45) is 11.8 Å². The fourth-order valence-electron chi connectivity index (χ4n) is 7.49. The Labute approximate surface area is 376 Å². The Balaban J connectivity index is 1.46. The Bertz CT molecular complexity index is 2050. The van der Waals surface area contributed by atoms with Gasteiger partial charge in [-0.3, -0.25) is 19.2 Å². The molecule has 3 aromatic rings. The lowest BCUT2D eigenvalue weighted by Crippen LogP contribution is -2.67. The maximum Gasteiger partial charge on any atom is 0.508 e. The highest BCUT2D eigenvalue weighted by Crippen LogP contribution is 2.40. The molecule has 1 heterocycles. The van der Waals surface area contributed by atoms with E-state index in [1.165, 1.54) is 30.3 Å². The van der Waals surface area contributed by atoms with Gasteiger partial charge in [0.1, 0.15) is 30.0 Å². The molecular weight excluding hydrogens is 859 g/mol. The first-order chi connectivity index (χ1) is 31.0. The molecule has 1 aromatic heterocycles. The molecule has 5 N–H and O–H groups in total. The molecule has 15 nitrogen and oxygen atoms in total. The summed E-state index contributed by atoms with van der Waals surface area (Å²) in [6.07, 6.45) is -4.41. The molecule has 65 heavy (non-hydrogen) atoms. The van der Waals surface area contributed by atoms with Crippen LogP contribution in [0.3, 0.4) is 0 Å². The van der Waals surface area contributed by atoms with Crippen molar-refractivity contribution < 1.29 is 65.2 Å². The summed E-state index contributed by atoms with van der Waals surface area (Å²) in [6, 6.07) is 7.25. The number of hydrogen-bond acceptors (Lipinski definition) is 10. The van der Waals surface area contributed by atoms with Gasteiger partial charge in [-0.15, -0.1) is 0 Å². The molecule has 0 fully saturated rings. The first kappa shape index (κ1) is 52.4. The lowest BCUT2D eigenvalue weighted by atomic mass is 9.78. The fourth-order valence-corrected chi connectivity index (χ4v) is 7.49. The first-order valence-corrected chi connectivity index (χ1v) is 22.1. The van der Waals surface area contributed by atoms with Gasteiger partial charge in [-0.25, -0.2) is 9.18 Å². The molecule has 0 saturated carbocycles. The molecule has 2 aromatic carbocycles. The van der Waals surface area contributed by atoms with Crippen LogP contribution < -0.4 is 21.3 Å². The van der Waals surface area contributed by atoms with Gasteiger partial charge in [-0.2, -0.15) is 13.2 Å². The number of carbonyl (C=O) groups excluding carboxylic acids is 5. The van der Waals surface area contributed by atoms with E-state index in [2.05, 4.69) is 26.3 Å². The third-order valence-electron chi connectivity index (χ3n) is 11.7. The number of ether oxygens (including phenoxy) is 5. The molecule has 2 unspecified atom stereocenters. The zero-order valence-corrected chi connectivity index (χ0v) is 37.8. The number of rotatable bonds is 26. The molecular formula is C46H63F4N5O10. The highest BCUT2D eigenvalue weighted by Gasteiger charge is 2.47. The van der Waals surface area contributed by atoms with Crippen molar-refractivity contribution in [1.82, 2.24) is 26.3 Å². The molecule has 0 spiro atoms. The largest absolute Gasteiger partial charge is 0.508 e. The summed E-state index contributed by atoms with van der Waals surface area (Å²) >= 11 is 0. The van der Waals surface area contributed by atoms with E-state index < -0.39 is 76.8 Å². The summed E-state index contributed by atoms with van der Waals surface area (Å²) < 4.78 is 82.5. The van der Waals surface area contributed by atoms with Crippen LogP contribution in [0.25, 0.3) is 10.9 Å². The highest BCUT2D eigenvalue weighted by molar-refractivity contribution is 5.99. The third-order valence-corrected chi connectivity index (χ3v) is 11.7. The van der Waals surface area contributed by atoms with Crippen molar-refractivity contribution in [3.05, 3.63) is 70.7 Å². The van der Waals surface area contributed by atoms with Crippen molar-refractivity contribution in [1.29, 1.82) is 0 Å². The lowest BCUT2D eigenvalue weighted by molar-refractivity contribution is -0.139. The summed E-state index contributed by atoms with van der Waals surface area (Å²) in [5.74, 6) is -4.04. The van der Waals surface area contributed by atoms with Gasteiger partial charge in [0.15, 0.2) is 0 Å². The molecule has 4 rings (SSSR count). The molecule has 0 saturated heterocycles. The maximum absolute atomic E-state index is 14.8. The number of hydrogen-bond donors (Lipinski definition) is 5. The van der Waals surface area contributed by atoms with E-state index in [-0.39, 0.29) is 68.5 Å². The molecule has 360 valence electrons. The normalized spacial score (nSPS) is 16.7. The summed E-state index contributed by atoms with van der Waals surface area (Å²) in [4.78, 5) is 71.1. The number of carbonyl (C=O) groups is 5. The van der Waals surface area contributed by atoms with Crippen molar-refractivity contribution in [2.45, 2.75) is 103 Å². The maximum atomic E-state index is 14.8. The fraction of sp³-hybridized carbons (Fsp3) is 0.587. The van der Waals surface area contributed by atoms with E-state index in [9.17, 15) is 41.5 Å². The minimum atomic E-state index is -4.67. The summed E-state index contributed by atoms with van der Waals surface area (Å²) in [5, 5.41) is 11.5. The summed E-state index contributed by atoms with van der Waals surface area (Å²) in [5.41, 5.74) is -1.80. The number of benzene rings is 2. The standard InChI is InChI=1S/C46H63F4N5O10/c1-6-29(3)38(41(57)51-19-10-11-20-64-44(60)65-26-25-63-24-23-62-22-21-61-5)54-43(59)45(18-17-36-33(28-45)32-14-12-15-34(40(32)52-36)46(48,49)50)55-42(58)39(30(4)7-2)53-37(56)27-31-13-8-9-16-35(31)47/h8-9,12-16,29-30,38-39,52H,6-7,10-11,17-28H2,1-5H3,(H,51,57)(H,53,56)(H,54,59)(H,55,58)/t29?,30?,38-,39-,45+/m0/s1. The van der Waals surface area contributed by atoms with Crippen LogP contribution in [0, 0.1) is 17.7 Å². The van der Waals surface area contributed by atoms with Crippen molar-refractivity contribution >= 4 is 40.7 Å². The van der Waals surface area contributed by atoms with Crippen LogP contribution in [0.1, 0.15) is 82.2 Å². The van der Waals surface area contributed by atoms with Crippen molar-refractivity contribution in [3.63, 3.8) is 0 Å². The molecule has 19 heteroatoms. The minimum absolute atomic E-state index is 0.00530. The van der Waals surface area contributed by atoms with E-state index in [0.29, 0.717) is 63.4 Å². The van der Waals surface area contributed by atoms with Gasteiger partial charge < -0.3 is 49.9 Å². The number of alkyl halides is 3. The number of para-hydroxylation sites is 1. The zero-order valence-electron chi connectivity index (χ0n) is 37.8. The smallest absolute Gasteiger partial charge is 0.434 e. The average Bonchev–Trinajstić information content (AvgIpc) is 3.65. The molecule has 5 atom stereocenters. The summed E-state index contributed by atoms with van der Waals surface area (Å²) in [6.45, 7) is 9.16. The van der Waals surface area contributed by atoms with Gasteiger partial charge in [0, 0.05) is 31.2 Å². The van der Waals surface area contributed by atoms with Gasteiger partial charge in [0.05, 0.1) is 57.1 Å². The van der Waals surface area contributed by atoms with Crippen LogP contribution in [-0.4, -0.2) is 112 Å².